The number of allylic oxidation sites excluding steroid dienone is 2. The number of nitrogens with one attached hydrogen (secondary N) is 2. The number of guanidine groups is 1. The maximum atomic E-state index is 14.0. The first-order valence-electron chi connectivity index (χ1n) is 17.7. The minimum Gasteiger partial charge on any atom is -0.504 e. The van der Waals surface area contributed by atoms with Gasteiger partial charge in [0.05, 0.1) is 12.8 Å². The molecule has 2 aromatic carbocycles. The number of aliphatic imine (C=N–C) groups is 1. The van der Waals surface area contributed by atoms with E-state index in [-0.39, 0.29) is 35.1 Å². The third-order valence-electron chi connectivity index (χ3n) is 10.6. The molecule has 0 amide bonds. The fourth-order valence-electron chi connectivity index (χ4n) is 7.69. The standard InChI is InChI=1S/C39H58N4O6/c1-26(2)30(10-12-35(45)38(15-7-8-16-38)23-28-9-11-32(44)33(21-28)48-6)19-29-20-31(43-37(40)42-4)36(46)34(22-29)49-39(25-41-3)17-13-27(24-39)14-18-47-5/h9-12,20-22,26-27,30,41,44,46H,7-8,13-19,23-25H2,1-6H3,(H3,40,42,43). The zero-order chi connectivity index (χ0) is 35.6. The summed E-state index contributed by atoms with van der Waals surface area (Å²) < 4.78 is 17.4. The number of carbonyl (C=O) groups is 1. The number of methoxy groups -OCH3 is 2. The molecule has 10 nitrogen and oxygen atoms in total. The van der Waals surface area contributed by atoms with Crippen LogP contribution >= 0.6 is 0 Å². The van der Waals surface area contributed by atoms with E-state index in [9.17, 15) is 15.0 Å². The molecule has 270 valence electrons. The zero-order valence-electron chi connectivity index (χ0n) is 30.3. The number of phenolic OH excluding ortho intramolecular Hbond substituents is 2. The van der Waals surface area contributed by atoms with Crippen molar-refractivity contribution in [2.24, 2.45) is 33.9 Å². The zero-order valence-corrected chi connectivity index (χ0v) is 30.3. The number of aromatic hydroxyl groups is 2. The molecule has 3 atom stereocenters. The SMILES string of the molecule is CN=C(N)Nc1cc(CC(C=CC(=O)C2(Cc3ccc(O)c(OC)c3)CCCC2)C(C)C)cc(OC2(CNC)CCC(CCOC)C2)c1O. The summed E-state index contributed by atoms with van der Waals surface area (Å²) in [6, 6.07) is 9.17. The van der Waals surface area contributed by atoms with E-state index in [1.54, 1.807) is 26.3 Å². The van der Waals surface area contributed by atoms with Gasteiger partial charge in [0.25, 0.3) is 0 Å². The second-order valence-electron chi connectivity index (χ2n) is 14.4. The van der Waals surface area contributed by atoms with Gasteiger partial charge < -0.3 is 40.8 Å². The highest BCUT2D eigenvalue weighted by Gasteiger charge is 2.42. The van der Waals surface area contributed by atoms with Crippen LogP contribution < -0.4 is 25.8 Å². The van der Waals surface area contributed by atoms with Gasteiger partial charge in [-0.05, 0) is 118 Å². The highest BCUT2D eigenvalue weighted by molar-refractivity contribution is 5.95. The van der Waals surface area contributed by atoms with Crippen molar-refractivity contribution in [2.45, 2.75) is 83.7 Å². The molecule has 0 aromatic heterocycles. The Morgan fingerprint density at radius 1 is 1.10 bits per heavy atom. The van der Waals surface area contributed by atoms with Crippen LogP contribution in [0.3, 0.4) is 0 Å². The third-order valence-corrected chi connectivity index (χ3v) is 10.6. The second kappa shape index (κ2) is 17.3. The van der Waals surface area contributed by atoms with Gasteiger partial charge in [-0.25, -0.2) is 0 Å². The lowest BCUT2D eigenvalue weighted by Gasteiger charge is -2.32. The fourth-order valence-corrected chi connectivity index (χ4v) is 7.69. The van der Waals surface area contributed by atoms with Gasteiger partial charge in [0.2, 0.25) is 0 Å². The minimum atomic E-state index is -0.475. The Kier molecular flexibility index (Phi) is 13.4. The molecule has 49 heavy (non-hydrogen) atoms. The smallest absolute Gasteiger partial charge is 0.192 e. The van der Waals surface area contributed by atoms with E-state index in [1.807, 2.05) is 31.3 Å². The molecule has 2 aromatic rings. The largest absolute Gasteiger partial charge is 0.504 e. The van der Waals surface area contributed by atoms with Gasteiger partial charge >= 0.3 is 0 Å². The van der Waals surface area contributed by atoms with Gasteiger partial charge in [-0.3, -0.25) is 9.79 Å². The summed E-state index contributed by atoms with van der Waals surface area (Å²) in [4.78, 5) is 18.0. The number of hydrogen-bond acceptors (Lipinski definition) is 8. The Labute approximate surface area is 292 Å². The topological polar surface area (TPSA) is 148 Å². The number of carbonyl (C=O) groups excluding carboxylic acids is 1. The number of nitrogens with two attached hydrogens (primary N) is 1. The average molecular weight is 679 g/mol. The van der Waals surface area contributed by atoms with E-state index in [0.29, 0.717) is 49.1 Å². The third kappa shape index (κ3) is 9.69. The predicted molar refractivity (Wildman–Crippen MR) is 196 cm³/mol. The van der Waals surface area contributed by atoms with Gasteiger partial charge in [0, 0.05) is 32.7 Å². The lowest BCUT2D eigenvalue weighted by molar-refractivity contribution is -0.123. The Balaban J connectivity index is 1.60. The lowest BCUT2D eigenvalue weighted by Crippen LogP contribution is -2.42. The number of benzene rings is 2. The van der Waals surface area contributed by atoms with Crippen molar-refractivity contribution in [3.8, 4) is 23.0 Å². The van der Waals surface area contributed by atoms with E-state index < -0.39 is 11.0 Å². The molecule has 2 aliphatic carbocycles. The first-order valence-corrected chi connectivity index (χ1v) is 17.7. The molecule has 0 heterocycles. The Bertz CT molecular complexity index is 1470. The molecule has 0 spiro atoms. The number of anilines is 1. The van der Waals surface area contributed by atoms with Crippen molar-refractivity contribution in [1.82, 2.24) is 5.32 Å². The summed E-state index contributed by atoms with van der Waals surface area (Å²) in [5, 5.41) is 27.9. The normalized spacial score (nSPS) is 21.4. The second-order valence-corrected chi connectivity index (χ2v) is 14.4. The first-order chi connectivity index (χ1) is 23.5. The van der Waals surface area contributed by atoms with Crippen LogP contribution in [-0.2, 0) is 22.4 Å². The predicted octanol–water partition coefficient (Wildman–Crippen LogP) is 6.38. The van der Waals surface area contributed by atoms with Crippen LogP contribution in [0.15, 0.2) is 47.5 Å². The van der Waals surface area contributed by atoms with Crippen LogP contribution in [0.2, 0.25) is 0 Å². The molecule has 2 fully saturated rings. The van der Waals surface area contributed by atoms with Crippen LogP contribution in [0.4, 0.5) is 5.69 Å². The molecule has 0 radical (unpaired) electrons. The minimum absolute atomic E-state index is 0.00739. The number of nitrogens with zero attached hydrogens (tertiary/aromatic N) is 1. The van der Waals surface area contributed by atoms with Crippen molar-refractivity contribution < 1.29 is 29.2 Å². The number of rotatable bonds is 17. The van der Waals surface area contributed by atoms with Gasteiger partial charge in [-0.15, -0.1) is 0 Å². The average Bonchev–Trinajstić information content (AvgIpc) is 3.72. The van der Waals surface area contributed by atoms with Crippen molar-refractivity contribution >= 4 is 17.4 Å². The van der Waals surface area contributed by atoms with Crippen LogP contribution in [0.5, 0.6) is 23.0 Å². The molecule has 2 aliphatic rings. The van der Waals surface area contributed by atoms with Crippen LogP contribution in [0.25, 0.3) is 0 Å². The van der Waals surface area contributed by atoms with Crippen LogP contribution in [-0.4, -0.2) is 69.0 Å². The molecule has 0 aliphatic heterocycles. The summed E-state index contributed by atoms with van der Waals surface area (Å²) in [5.41, 5.74) is 7.48. The maximum absolute atomic E-state index is 14.0. The van der Waals surface area contributed by atoms with Crippen LogP contribution in [0.1, 0.15) is 76.3 Å². The Morgan fingerprint density at radius 2 is 1.84 bits per heavy atom. The van der Waals surface area contributed by atoms with Gasteiger partial charge in [0.1, 0.15) is 5.60 Å². The Morgan fingerprint density at radius 3 is 2.49 bits per heavy atom. The monoisotopic (exact) mass is 678 g/mol. The summed E-state index contributed by atoms with van der Waals surface area (Å²) >= 11 is 0. The van der Waals surface area contributed by atoms with Gasteiger partial charge in [-0.1, -0.05) is 38.8 Å². The van der Waals surface area contributed by atoms with E-state index in [2.05, 4.69) is 35.5 Å². The number of ether oxygens (including phenoxy) is 3. The quantitative estimate of drug-likeness (QED) is 0.0557. The van der Waals surface area contributed by atoms with Gasteiger partial charge in [0.15, 0.2) is 34.7 Å². The molecular weight excluding hydrogens is 620 g/mol. The summed E-state index contributed by atoms with van der Waals surface area (Å²) in [5.74, 6) is 2.01. The molecule has 6 N–H and O–H groups in total. The fraction of sp³-hybridized carbons (Fsp3) is 0.590. The molecule has 4 rings (SSSR count). The van der Waals surface area contributed by atoms with Crippen molar-refractivity contribution in [3.05, 3.63) is 53.6 Å². The molecule has 10 heteroatoms. The van der Waals surface area contributed by atoms with E-state index in [1.165, 1.54) is 7.11 Å². The molecule has 2 saturated carbocycles. The van der Waals surface area contributed by atoms with Crippen molar-refractivity contribution in [3.63, 3.8) is 0 Å². The maximum Gasteiger partial charge on any atom is 0.192 e. The first kappa shape index (κ1) is 38.0. The van der Waals surface area contributed by atoms with E-state index in [0.717, 1.165) is 62.5 Å². The van der Waals surface area contributed by atoms with Gasteiger partial charge in [-0.2, -0.15) is 0 Å². The summed E-state index contributed by atoms with van der Waals surface area (Å²) in [6.45, 7) is 5.68. The number of phenols is 2. The molecule has 3 unspecified atom stereocenters. The van der Waals surface area contributed by atoms with E-state index in [4.69, 9.17) is 19.9 Å². The van der Waals surface area contributed by atoms with Crippen molar-refractivity contribution in [1.29, 1.82) is 0 Å². The highest BCUT2D eigenvalue weighted by Crippen LogP contribution is 2.45. The number of ketones is 1. The summed E-state index contributed by atoms with van der Waals surface area (Å²) in [6.07, 6.45) is 12.5. The molecule has 0 saturated heterocycles. The van der Waals surface area contributed by atoms with Crippen LogP contribution in [0, 0.1) is 23.2 Å². The lowest BCUT2D eigenvalue weighted by atomic mass is 9.75. The van der Waals surface area contributed by atoms with E-state index >= 15 is 0 Å². The van der Waals surface area contributed by atoms with Crippen molar-refractivity contribution in [2.75, 3.05) is 46.8 Å². The molecular formula is C39H58N4O6. The number of hydrogen-bond donors (Lipinski definition) is 5. The molecule has 0 bridgehead atoms. The highest BCUT2D eigenvalue weighted by atomic mass is 16.5. The number of likely N-dealkylation sites (N-methyl/N-ethyl adjacent to an activating group) is 1. The Hall–Kier alpha value is -3.76. The summed E-state index contributed by atoms with van der Waals surface area (Å²) in [7, 11) is 6.78.